The van der Waals surface area contributed by atoms with Gasteiger partial charge in [-0.05, 0) is 70.6 Å². The standard InChI is InChI=1S/C23H37N5O.HI/c1-2-25-22(27-18-23(12-13-23)20-8-4-3-5-9-20)26-14-6-7-15-28-16-10-19(11-17-28)21(24)29;/h3-5,8-9,19H,2,6-7,10-18H2,1H3,(H2,24,29)(H2,25,26,27);1H. The number of aliphatic imine (C=N–C) groups is 1. The van der Waals surface area contributed by atoms with Gasteiger partial charge >= 0.3 is 0 Å². The smallest absolute Gasteiger partial charge is 0.220 e. The Kier molecular flexibility index (Phi) is 10.4. The summed E-state index contributed by atoms with van der Waals surface area (Å²) in [5.41, 5.74) is 7.08. The molecule has 0 aromatic heterocycles. The van der Waals surface area contributed by atoms with Gasteiger partial charge < -0.3 is 21.3 Å². The number of likely N-dealkylation sites (tertiary alicyclic amines) is 1. The molecule has 0 bridgehead atoms. The number of benzene rings is 1. The number of nitrogens with two attached hydrogens (primary N) is 1. The number of halogens is 1. The minimum absolute atomic E-state index is 0. The number of rotatable bonds is 10. The van der Waals surface area contributed by atoms with E-state index < -0.39 is 0 Å². The molecule has 3 rings (SSSR count). The first-order chi connectivity index (χ1) is 14.1. The van der Waals surface area contributed by atoms with E-state index in [0.717, 1.165) is 70.9 Å². The SMILES string of the molecule is CCNC(=NCC1(c2ccccc2)CC1)NCCCCN1CCC(C(N)=O)CC1.I. The highest BCUT2D eigenvalue weighted by Gasteiger charge is 2.43. The highest BCUT2D eigenvalue weighted by atomic mass is 127. The summed E-state index contributed by atoms with van der Waals surface area (Å²) in [6.45, 7) is 7.84. The first kappa shape index (κ1) is 24.9. The van der Waals surface area contributed by atoms with Crippen molar-refractivity contribution in [1.82, 2.24) is 15.5 Å². The maximum absolute atomic E-state index is 11.3. The summed E-state index contributed by atoms with van der Waals surface area (Å²) in [5, 5.41) is 6.87. The number of nitrogens with one attached hydrogen (secondary N) is 2. The summed E-state index contributed by atoms with van der Waals surface area (Å²) >= 11 is 0. The van der Waals surface area contributed by atoms with Crippen molar-refractivity contribution in [2.45, 2.75) is 50.9 Å². The van der Waals surface area contributed by atoms with Crippen molar-refractivity contribution in [3.8, 4) is 0 Å². The monoisotopic (exact) mass is 527 g/mol. The van der Waals surface area contributed by atoms with E-state index in [4.69, 9.17) is 10.7 Å². The first-order valence-electron chi connectivity index (χ1n) is 11.2. The van der Waals surface area contributed by atoms with E-state index in [9.17, 15) is 4.79 Å². The van der Waals surface area contributed by atoms with Crippen molar-refractivity contribution in [2.75, 3.05) is 39.3 Å². The average molecular weight is 527 g/mol. The summed E-state index contributed by atoms with van der Waals surface area (Å²) in [4.78, 5) is 18.6. The van der Waals surface area contributed by atoms with Crippen LogP contribution in [0.3, 0.4) is 0 Å². The number of carbonyl (C=O) groups excluding carboxylic acids is 1. The first-order valence-corrected chi connectivity index (χ1v) is 11.2. The summed E-state index contributed by atoms with van der Waals surface area (Å²) < 4.78 is 0. The van der Waals surface area contributed by atoms with E-state index in [2.05, 4.69) is 52.8 Å². The van der Waals surface area contributed by atoms with Gasteiger partial charge in [0.2, 0.25) is 5.91 Å². The lowest BCUT2D eigenvalue weighted by molar-refractivity contribution is -0.123. The number of primary amides is 1. The van der Waals surface area contributed by atoms with Crippen LogP contribution in [-0.4, -0.2) is 56.0 Å². The molecule has 2 fully saturated rings. The van der Waals surface area contributed by atoms with Crippen molar-refractivity contribution in [1.29, 1.82) is 0 Å². The number of amides is 1. The van der Waals surface area contributed by atoms with E-state index in [0.29, 0.717) is 0 Å². The van der Waals surface area contributed by atoms with Crippen LogP contribution >= 0.6 is 24.0 Å². The van der Waals surface area contributed by atoms with Gasteiger partial charge in [-0.1, -0.05) is 30.3 Å². The minimum Gasteiger partial charge on any atom is -0.369 e. The van der Waals surface area contributed by atoms with Gasteiger partial charge in [-0.3, -0.25) is 9.79 Å². The van der Waals surface area contributed by atoms with Gasteiger partial charge in [-0.2, -0.15) is 0 Å². The van der Waals surface area contributed by atoms with Crippen molar-refractivity contribution in [3.63, 3.8) is 0 Å². The molecule has 0 radical (unpaired) electrons. The third-order valence-electron chi connectivity index (χ3n) is 6.31. The predicted molar refractivity (Wildman–Crippen MR) is 134 cm³/mol. The number of hydrogen-bond donors (Lipinski definition) is 3. The predicted octanol–water partition coefficient (Wildman–Crippen LogP) is 2.87. The van der Waals surface area contributed by atoms with Gasteiger partial charge in [0.1, 0.15) is 0 Å². The van der Waals surface area contributed by atoms with E-state index in [-0.39, 0.29) is 41.2 Å². The van der Waals surface area contributed by atoms with Crippen LogP contribution < -0.4 is 16.4 Å². The van der Waals surface area contributed by atoms with Crippen LogP contribution in [0.4, 0.5) is 0 Å². The van der Waals surface area contributed by atoms with Gasteiger partial charge in [0, 0.05) is 24.4 Å². The topological polar surface area (TPSA) is 82.8 Å². The van der Waals surface area contributed by atoms with Crippen LogP contribution in [0, 0.1) is 5.92 Å². The Labute approximate surface area is 198 Å². The third-order valence-corrected chi connectivity index (χ3v) is 6.31. The maximum Gasteiger partial charge on any atom is 0.220 e. The summed E-state index contributed by atoms with van der Waals surface area (Å²) in [5.74, 6) is 0.874. The molecule has 168 valence electrons. The zero-order chi connectivity index (χ0) is 20.5. The fourth-order valence-corrected chi connectivity index (χ4v) is 4.16. The normalized spacial score (nSPS) is 19.0. The third kappa shape index (κ3) is 7.41. The summed E-state index contributed by atoms with van der Waals surface area (Å²) in [6, 6.07) is 10.8. The summed E-state index contributed by atoms with van der Waals surface area (Å²) in [6.07, 6.45) is 6.55. The van der Waals surface area contributed by atoms with Crippen LogP contribution in [-0.2, 0) is 10.2 Å². The molecule has 0 unspecified atom stereocenters. The highest BCUT2D eigenvalue weighted by Crippen LogP contribution is 2.48. The second-order valence-corrected chi connectivity index (χ2v) is 8.49. The quantitative estimate of drug-likeness (QED) is 0.189. The number of piperidine rings is 1. The molecule has 7 heteroatoms. The van der Waals surface area contributed by atoms with Gasteiger partial charge in [0.05, 0.1) is 6.54 Å². The lowest BCUT2D eigenvalue weighted by Gasteiger charge is -2.30. The lowest BCUT2D eigenvalue weighted by Crippen LogP contribution is -2.40. The fraction of sp³-hybridized carbons (Fsp3) is 0.652. The highest BCUT2D eigenvalue weighted by molar-refractivity contribution is 14.0. The second kappa shape index (κ2) is 12.5. The molecule has 4 N–H and O–H groups in total. The molecule has 30 heavy (non-hydrogen) atoms. The van der Waals surface area contributed by atoms with Crippen LogP contribution in [0.25, 0.3) is 0 Å². The van der Waals surface area contributed by atoms with Gasteiger partial charge in [-0.15, -0.1) is 24.0 Å². The Bertz CT molecular complexity index is 669. The molecular formula is C23H38IN5O. The number of guanidine groups is 1. The molecule has 1 aliphatic carbocycles. The lowest BCUT2D eigenvalue weighted by atomic mass is 9.96. The largest absolute Gasteiger partial charge is 0.369 e. The van der Waals surface area contributed by atoms with Crippen LogP contribution in [0.5, 0.6) is 0 Å². The number of unbranched alkanes of at least 4 members (excludes halogenated alkanes) is 1. The Morgan fingerprint density at radius 1 is 1.17 bits per heavy atom. The van der Waals surface area contributed by atoms with E-state index in [1.54, 1.807) is 0 Å². The van der Waals surface area contributed by atoms with Crippen molar-refractivity contribution >= 4 is 35.8 Å². The summed E-state index contributed by atoms with van der Waals surface area (Å²) in [7, 11) is 0. The number of hydrogen-bond acceptors (Lipinski definition) is 3. The van der Waals surface area contributed by atoms with E-state index in [1.807, 2.05) is 0 Å². The second-order valence-electron chi connectivity index (χ2n) is 8.49. The Morgan fingerprint density at radius 2 is 1.87 bits per heavy atom. The Morgan fingerprint density at radius 3 is 2.47 bits per heavy atom. The van der Waals surface area contributed by atoms with Crippen molar-refractivity contribution in [2.24, 2.45) is 16.6 Å². The number of nitrogens with zero attached hydrogens (tertiary/aromatic N) is 2. The molecule has 0 atom stereocenters. The average Bonchev–Trinajstić information content (AvgIpc) is 3.54. The molecular weight excluding hydrogens is 489 g/mol. The molecule has 1 amide bonds. The zero-order valence-electron chi connectivity index (χ0n) is 18.2. The number of carbonyl (C=O) groups is 1. The van der Waals surface area contributed by atoms with E-state index in [1.165, 1.54) is 18.4 Å². The molecule has 1 aromatic rings. The Balaban J connectivity index is 0.00000320. The molecule has 1 heterocycles. The minimum atomic E-state index is -0.135. The van der Waals surface area contributed by atoms with Crippen LogP contribution in [0.15, 0.2) is 35.3 Å². The molecule has 1 aliphatic heterocycles. The van der Waals surface area contributed by atoms with Crippen molar-refractivity contribution < 1.29 is 4.79 Å². The van der Waals surface area contributed by atoms with Crippen LogP contribution in [0.2, 0.25) is 0 Å². The molecule has 0 spiro atoms. The Hall–Kier alpha value is -1.35. The molecule has 2 aliphatic rings. The van der Waals surface area contributed by atoms with Gasteiger partial charge in [0.15, 0.2) is 5.96 Å². The molecule has 1 saturated carbocycles. The van der Waals surface area contributed by atoms with Crippen molar-refractivity contribution in [3.05, 3.63) is 35.9 Å². The zero-order valence-corrected chi connectivity index (χ0v) is 20.6. The fourth-order valence-electron chi connectivity index (χ4n) is 4.16. The maximum atomic E-state index is 11.3. The molecule has 6 nitrogen and oxygen atoms in total. The van der Waals surface area contributed by atoms with Gasteiger partial charge in [-0.25, -0.2) is 0 Å². The van der Waals surface area contributed by atoms with Crippen LogP contribution in [0.1, 0.15) is 51.0 Å². The van der Waals surface area contributed by atoms with E-state index >= 15 is 0 Å². The molecule has 1 saturated heterocycles. The molecule has 1 aromatic carbocycles. The van der Waals surface area contributed by atoms with Gasteiger partial charge in [0.25, 0.3) is 0 Å².